The summed E-state index contributed by atoms with van der Waals surface area (Å²) < 4.78 is 33.8. The summed E-state index contributed by atoms with van der Waals surface area (Å²) in [7, 11) is -1.95. The average molecular weight is 467 g/mol. The fourth-order valence-electron chi connectivity index (χ4n) is 2.64. The average Bonchev–Trinajstić information content (AvgIpc) is 3.46. The molecule has 0 unspecified atom stereocenters. The molecule has 1 amide bonds. The fourth-order valence-corrected chi connectivity index (χ4v) is 4.39. The number of carbonyl (C=O) groups excluding carboxylic acids is 1. The Kier molecular flexibility index (Phi) is 6.42. The molecule has 0 aliphatic heterocycles. The number of para-hydroxylation sites is 1. The number of halogens is 1. The van der Waals surface area contributed by atoms with E-state index in [1.165, 1.54) is 17.0 Å². The molecule has 0 radical (unpaired) electrons. The molecule has 0 aromatic heterocycles. The highest BCUT2D eigenvalue weighted by molar-refractivity contribution is 9.10. The van der Waals surface area contributed by atoms with Gasteiger partial charge in [0.25, 0.3) is 5.91 Å². The first kappa shape index (κ1) is 20.8. The summed E-state index contributed by atoms with van der Waals surface area (Å²) in [5.74, 6) is 0.507. The Morgan fingerprint density at radius 3 is 2.64 bits per heavy atom. The first-order valence-electron chi connectivity index (χ1n) is 9.04. The van der Waals surface area contributed by atoms with E-state index in [1.807, 2.05) is 31.2 Å². The highest BCUT2D eigenvalue weighted by atomic mass is 79.9. The zero-order valence-electron chi connectivity index (χ0n) is 15.8. The Hall–Kier alpha value is -1.90. The molecule has 1 N–H and O–H groups in total. The van der Waals surface area contributed by atoms with Gasteiger partial charge in [0.05, 0.1) is 17.0 Å². The number of benzene rings is 2. The van der Waals surface area contributed by atoms with Gasteiger partial charge in [-0.15, -0.1) is 0 Å². The summed E-state index contributed by atoms with van der Waals surface area (Å²) in [6, 6.07) is 12.2. The van der Waals surface area contributed by atoms with Crippen molar-refractivity contribution in [3.05, 3.63) is 58.1 Å². The lowest BCUT2D eigenvalue weighted by Crippen LogP contribution is -2.31. The van der Waals surface area contributed by atoms with Crippen LogP contribution in [0.2, 0.25) is 0 Å². The van der Waals surface area contributed by atoms with E-state index in [0.717, 1.165) is 24.2 Å². The molecule has 1 aliphatic rings. The van der Waals surface area contributed by atoms with Gasteiger partial charge in [0.2, 0.25) is 10.0 Å². The predicted octanol–water partition coefficient (Wildman–Crippen LogP) is 3.35. The minimum Gasteiger partial charge on any atom is -0.491 e. The van der Waals surface area contributed by atoms with Gasteiger partial charge >= 0.3 is 0 Å². The van der Waals surface area contributed by atoms with Gasteiger partial charge in [-0.1, -0.05) is 18.2 Å². The van der Waals surface area contributed by atoms with Crippen LogP contribution >= 0.6 is 15.9 Å². The minimum atomic E-state index is -3.62. The first-order valence-corrected chi connectivity index (χ1v) is 11.3. The van der Waals surface area contributed by atoms with Crippen molar-refractivity contribution in [1.82, 2.24) is 9.62 Å². The number of sulfonamides is 1. The molecule has 1 saturated carbocycles. The Morgan fingerprint density at radius 2 is 1.96 bits per heavy atom. The zero-order chi connectivity index (χ0) is 20.3. The molecule has 150 valence electrons. The van der Waals surface area contributed by atoms with Gasteiger partial charge in [-0.25, -0.2) is 13.1 Å². The monoisotopic (exact) mass is 466 g/mol. The maximum Gasteiger partial charge on any atom is 0.254 e. The van der Waals surface area contributed by atoms with Gasteiger partial charge < -0.3 is 9.64 Å². The molecule has 0 bridgehead atoms. The highest BCUT2D eigenvalue weighted by Gasteiger charge is 2.29. The SMILES string of the molecule is Cc1ccccc1OCCN(C)C(=O)c1cc(S(=O)(=O)NC2CC2)ccc1Br. The van der Waals surface area contributed by atoms with Crippen LogP contribution in [0.15, 0.2) is 51.8 Å². The summed E-state index contributed by atoms with van der Waals surface area (Å²) in [6.45, 7) is 2.67. The van der Waals surface area contributed by atoms with Crippen LogP contribution < -0.4 is 9.46 Å². The van der Waals surface area contributed by atoms with Gasteiger partial charge in [-0.2, -0.15) is 0 Å². The molecule has 1 fully saturated rings. The Bertz CT molecular complexity index is 974. The fraction of sp³-hybridized carbons (Fsp3) is 0.350. The molecule has 2 aromatic carbocycles. The number of hydrogen-bond donors (Lipinski definition) is 1. The van der Waals surface area contributed by atoms with Crippen LogP contribution in [0, 0.1) is 6.92 Å². The van der Waals surface area contributed by atoms with E-state index in [1.54, 1.807) is 13.1 Å². The minimum absolute atomic E-state index is 0.00839. The summed E-state index contributed by atoms with van der Waals surface area (Å²) in [6.07, 6.45) is 1.70. The van der Waals surface area contributed by atoms with Gasteiger partial charge in [0.1, 0.15) is 12.4 Å². The molecule has 3 rings (SSSR count). The Morgan fingerprint density at radius 1 is 1.25 bits per heavy atom. The molecular formula is C20H23BrN2O4S. The lowest BCUT2D eigenvalue weighted by Gasteiger charge is -2.19. The van der Waals surface area contributed by atoms with Crippen molar-refractivity contribution in [2.24, 2.45) is 0 Å². The van der Waals surface area contributed by atoms with Crippen LogP contribution in [0.1, 0.15) is 28.8 Å². The third-order valence-electron chi connectivity index (χ3n) is 4.50. The van der Waals surface area contributed by atoms with Gasteiger partial charge in [0.15, 0.2) is 0 Å². The number of aryl methyl sites for hydroxylation is 1. The number of rotatable bonds is 8. The third-order valence-corrected chi connectivity index (χ3v) is 6.71. The normalized spacial score (nSPS) is 14.0. The highest BCUT2D eigenvalue weighted by Crippen LogP contribution is 2.25. The predicted molar refractivity (Wildman–Crippen MR) is 111 cm³/mol. The second-order valence-electron chi connectivity index (χ2n) is 6.88. The molecule has 0 heterocycles. The van der Waals surface area contributed by atoms with Crippen molar-refractivity contribution in [1.29, 1.82) is 0 Å². The van der Waals surface area contributed by atoms with Crippen LogP contribution in [0.4, 0.5) is 0 Å². The van der Waals surface area contributed by atoms with E-state index >= 15 is 0 Å². The van der Waals surface area contributed by atoms with Crippen LogP contribution in [0.5, 0.6) is 5.75 Å². The maximum absolute atomic E-state index is 12.8. The largest absolute Gasteiger partial charge is 0.491 e. The van der Waals surface area contributed by atoms with Gasteiger partial charge in [-0.3, -0.25) is 4.79 Å². The number of nitrogens with one attached hydrogen (secondary N) is 1. The van der Waals surface area contributed by atoms with Crippen molar-refractivity contribution in [3.63, 3.8) is 0 Å². The van der Waals surface area contributed by atoms with Gasteiger partial charge in [-0.05, 0) is 65.5 Å². The van der Waals surface area contributed by atoms with Crippen LogP contribution in [0.3, 0.4) is 0 Å². The molecule has 6 nitrogen and oxygen atoms in total. The van der Waals surface area contributed by atoms with E-state index in [0.29, 0.717) is 23.2 Å². The number of likely N-dealkylation sites (N-methyl/N-ethyl adjacent to an activating group) is 1. The lowest BCUT2D eigenvalue weighted by atomic mass is 10.2. The molecule has 0 saturated heterocycles. The van der Waals surface area contributed by atoms with Crippen LogP contribution in [-0.2, 0) is 10.0 Å². The zero-order valence-corrected chi connectivity index (χ0v) is 18.2. The summed E-state index contributed by atoms with van der Waals surface area (Å²) >= 11 is 3.35. The quantitative estimate of drug-likeness (QED) is 0.646. The Labute approximate surface area is 174 Å². The van der Waals surface area contributed by atoms with E-state index in [9.17, 15) is 13.2 Å². The summed E-state index contributed by atoms with van der Waals surface area (Å²) in [5.41, 5.74) is 1.33. The first-order chi connectivity index (χ1) is 13.3. The molecule has 2 aromatic rings. The Balaban J connectivity index is 1.67. The number of amides is 1. The number of hydrogen-bond acceptors (Lipinski definition) is 4. The topological polar surface area (TPSA) is 75.7 Å². The summed E-state index contributed by atoms with van der Waals surface area (Å²) in [5, 5.41) is 0. The molecule has 1 aliphatic carbocycles. The number of ether oxygens (including phenoxy) is 1. The van der Waals surface area contributed by atoms with Crippen LogP contribution in [-0.4, -0.2) is 45.5 Å². The molecule has 8 heteroatoms. The second-order valence-corrected chi connectivity index (χ2v) is 9.45. The molecule has 28 heavy (non-hydrogen) atoms. The standard InChI is InChI=1S/C20H23BrN2O4S/c1-14-5-3-4-6-19(14)27-12-11-23(2)20(24)17-13-16(9-10-18(17)21)28(25,26)22-15-7-8-15/h3-6,9-10,13,15,22H,7-8,11-12H2,1-2H3. The lowest BCUT2D eigenvalue weighted by molar-refractivity contribution is 0.0772. The van der Waals surface area contributed by atoms with Crippen LogP contribution in [0.25, 0.3) is 0 Å². The number of carbonyl (C=O) groups is 1. The smallest absolute Gasteiger partial charge is 0.254 e. The maximum atomic E-state index is 12.8. The van der Waals surface area contributed by atoms with Crippen molar-refractivity contribution in [3.8, 4) is 5.75 Å². The van der Waals surface area contributed by atoms with Crippen molar-refractivity contribution in [2.45, 2.75) is 30.7 Å². The van der Waals surface area contributed by atoms with E-state index in [2.05, 4.69) is 20.7 Å². The van der Waals surface area contributed by atoms with E-state index in [-0.39, 0.29) is 16.8 Å². The molecule has 0 spiro atoms. The van der Waals surface area contributed by atoms with Crippen molar-refractivity contribution in [2.75, 3.05) is 20.2 Å². The van der Waals surface area contributed by atoms with Crippen molar-refractivity contribution >= 4 is 31.9 Å². The second kappa shape index (κ2) is 8.63. The van der Waals surface area contributed by atoms with E-state index in [4.69, 9.17) is 4.74 Å². The molecular weight excluding hydrogens is 444 g/mol. The van der Waals surface area contributed by atoms with E-state index < -0.39 is 10.0 Å². The molecule has 0 atom stereocenters. The van der Waals surface area contributed by atoms with Gasteiger partial charge in [0, 0.05) is 17.6 Å². The summed E-state index contributed by atoms with van der Waals surface area (Å²) in [4.78, 5) is 14.4. The van der Waals surface area contributed by atoms with Crippen molar-refractivity contribution < 1.29 is 17.9 Å². The number of nitrogens with zero attached hydrogens (tertiary/aromatic N) is 1. The third kappa shape index (κ3) is 5.12.